The van der Waals surface area contributed by atoms with Crippen LogP contribution in [0, 0.1) is 34.6 Å². The summed E-state index contributed by atoms with van der Waals surface area (Å²) in [6.45, 7) is 12.6. The van der Waals surface area contributed by atoms with Gasteiger partial charge in [-0.15, -0.1) is 0 Å². The number of ether oxygens (including phenoxy) is 2. The minimum Gasteiger partial charge on any atom is -0.462 e. The van der Waals surface area contributed by atoms with Gasteiger partial charge in [-0.3, -0.25) is 4.79 Å². The third kappa shape index (κ3) is 4.85. The molecule has 0 aliphatic rings. The summed E-state index contributed by atoms with van der Waals surface area (Å²) in [5.41, 5.74) is 5.07. The van der Waals surface area contributed by atoms with Crippen molar-refractivity contribution >= 4 is 23.5 Å². The number of carbonyl (C=O) groups is 3. The van der Waals surface area contributed by atoms with Gasteiger partial charge in [0.1, 0.15) is 5.69 Å². The highest BCUT2D eigenvalue weighted by Crippen LogP contribution is 2.23. The van der Waals surface area contributed by atoms with E-state index in [1.807, 2.05) is 32.9 Å². The van der Waals surface area contributed by atoms with Crippen molar-refractivity contribution in [1.82, 2.24) is 4.98 Å². The number of hydrogen-bond donors (Lipinski definition) is 2. The van der Waals surface area contributed by atoms with Gasteiger partial charge in [-0.05, 0) is 65.2 Å². The molecule has 0 fully saturated rings. The SMILES string of the molecule is CCOC(=O)c1c(C)[nH]c(C(=O)O[C@@H](C)C(=O)Nc2c(C)cc(C)cc2C)c1C. The van der Waals surface area contributed by atoms with Crippen molar-refractivity contribution in [2.75, 3.05) is 11.9 Å². The molecule has 2 aromatic rings. The Morgan fingerprint density at radius 2 is 1.62 bits per heavy atom. The molecule has 0 saturated heterocycles. The van der Waals surface area contributed by atoms with Crippen LogP contribution in [-0.2, 0) is 14.3 Å². The number of esters is 2. The van der Waals surface area contributed by atoms with E-state index in [1.165, 1.54) is 6.92 Å². The van der Waals surface area contributed by atoms with Crippen LogP contribution < -0.4 is 5.32 Å². The smallest absolute Gasteiger partial charge is 0.355 e. The topological polar surface area (TPSA) is 97.5 Å². The van der Waals surface area contributed by atoms with Crippen molar-refractivity contribution in [3.8, 4) is 0 Å². The minimum absolute atomic E-state index is 0.132. The number of amides is 1. The van der Waals surface area contributed by atoms with Crippen molar-refractivity contribution < 1.29 is 23.9 Å². The van der Waals surface area contributed by atoms with E-state index in [1.54, 1.807) is 20.8 Å². The number of anilines is 1. The van der Waals surface area contributed by atoms with Crippen LogP contribution in [0.2, 0.25) is 0 Å². The van der Waals surface area contributed by atoms with Crippen molar-refractivity contribution in [1.29, 1.82) is 0 Å². The molecule has 1 aromatic heterocycles. The summed E-state index contributed by atoms with van der Waals surface area (Å²) in [6, 6.07) is 3.95. The normalized spacial score (nSPS) is 11.7. The Balaban J connectivity index is 2.14. The number of H-pyrrole nitrogens is 1. The van der Waals surface area contributed by atoms with Crippen molar-refractivity contribution in [2.24, 2.45) is 0 Å². The van der Waals surface area contributed by atoms with Gasteiger partial charge >= 0.3 is 11.9 Å². The number of hydrogen-bond acceptors (Lipinski definition) is 5. The standard InChI is InChI=1S/C22H28N2O5/c1-8-28-21(26)17-14(5)19(23-15(17)6)22(27)29-16(7)20(25)24-18-12(3)9-11(2)10-13(18)4/h9-10,16,23H,8H2,1-7H3,(H,24,25)/t16-/m0/s1. The molecule has 156 valence electrons. The summed E-state index contributed by atoms with van der Waals surface area (Å²) in [5, 5.41) is 2.83. The lowest BCUT2D eigenvalue weighted by Crippen LogP contribution is -2.30. The lowest BCUT2D eigenvalue weighted by atomic mass is 10.0. The van der Waals surface area contributed by atoms with Crippen LogP contribution in [0.3, 0.4) is 0 Å². The molecule has 2 rings (SSSR count). The molecular formula is C22H28N2O5. The predicted molar refractivity (Wildman–Crippen MR) is 110 cm³/mol. The molecule has 1 aromatic carbocycles. The van der Waals surface area contributed by atoms with E-state index < -0.39 is 23.9 Å². The van der Waals surface area contributed by atoms with Crippen LogP contribution in [0.1, 0.15) is 62.6 Å². The van der Waals surface area contributed by atoms with Gasteiger partial charge in [0.15, 0.2) is 6.10 Å². The molecule has 0 unspecified atom stereocenters. The first-order valence-electron chi connectivity index (χ1n) is 9.52. The van der Waals surface area contributed by atoms with Gasteiger partial charge in [0.05, 0.1) is 12.2 Å². The second-order valence-corrected chi connectivity index (χ2v) is 7.16. The summed E-state index contributed by atoms with van der Waals surface area (Å²) in [4.78, 5) is 40.1. The van der Waals surface area contributed by atoms with Crippen LogP contribution in [0.15, 0.2) is 12.1 Å². The van der Waals surface area contributed by atoms with E-state index in [0.29, 0.717) is 22.5 Å². The number of carbonyl (C=O) groups excluding carboxylic acids is 3. The Morgan fingerprint density at radius 1 is 1.03 bits per heavy atom. The first-order chi connectivity index (χ1) is 13.6. The molecule has 29 heavy (non-hydrogen) atoms. The summed E-state index contributed by atoms with van der Waals surface area (Å²) in [6.07, 6.45) is -1.02. The van der Waals surface area contributed by atoms with Gasteiger partial charge in [0.25, 0.3) is 5.91 Å². The van der Waals surface area contributed by atoms with Gasteiger partial charge in [-0.2, -0.15) is 0 Å². The largest absolute Gasteiger partial charge is 0.462 e. The number of benzene rings is 1. The van der Waals surface area contributed by atoms with Crippen molar-refractivity contribution in [2.45, 2.75) is 54.6 Å². The molecule has 0 aliphatic heterocycles. The van der Waals surface area contributed by atoms with E-state index >= 15 is 0 Å². The van der Waals surface area contributed by atoms with E-state index in [0.717, 1.165) is 16.7 Å². The summed E-state index contributed by atoms with van der Waals surface area (Å²) in [5.74, 6) is -1.64. The molecule has 0 aliphatic carbocycles. The molecule has 7 nitrogen and oxygen atoms in total. The molecule has 0 spiro atoms. The van der Waals surface area contributed by atoms with E-state index in [-0.39, 0.29) is 12.3 Å². The fourth-order valence-corrected chi connectivity index (χ4v) is 3.34. The number of rotatable bonds is 6. The highest BCUT2D eigenvalue weighted by molar-refractivity contribution is 6.00. The number of aryl methyl sites for hydroxylation is 4. The molecule has 1 atom stereocenters. The highest BCUT2D eigenvalue weighted by Gasteiger charge is 2.26. The maximum absolute atomic E-state index is 12.6. The Morgan fingerprint density at radius 3 is 2.17 bits per heavy atom. The van der Waals surface area contributed by atoms with E-state index in [4.69, 9.17) is 9.47 Å². The van der Waals surface area contributed by atoms with Crippen molar-refractivity contribution in [3.63, 3.8) is 0 Å². The molecule has 0 radical (unpaired) electrons. The third-order valence-corrected chi connectivity index (χ3v) is 4.70. The van der Waals surface area contributed by atoms with Crippen LogP contribution in [0.25, 0.3) is 0 Å². The molecule has 7 heteroatoms. The van der Waals surface area contributed by atoms with Crippen molar-refractivity contribution in [3.05, 3.63) is 51.3 Å². The Bertz CT molecular complexity index is 935. The fraction of sp³-hybridized carbons (Fsp3) is 0.409. The van der Waals surface area contributed by atoms with Crippen LogP contribution in [-0.4, -0.2) is 35.5 Å². The lowest BCUT2D eigenvalue weighted by Gasteiger charge is -2.17. The predicted octanol–water partition coefficient (Wildman–Crippen LogP) is 3.92. The minimum atomic E-state index is -1.02. The van der Waals surface area contributed by atoms with Gasteiger partial charge in [0.2, 0.25) is 0 Å². The average Bonchev–Trinajstić information content (AvgIpc) is 2.92. The van der Waals surface area contributed by atoms with Gasteiger partial charge in [0, 0.05) is 11.4 Å². The van der Waals surface area contributed by atoms with Gasteiger partial charge in [-0.1, -0.05) is 17.7 Å². The number of aromatic nitrogens is 1. The molecule has 1 amide bonds. The molecule has 0 bridgehead atoms. The first kappa shape index (κ1) is 22.2. The zero-order chi connectivity index (χ0) is 21.9. The third-order valence-electron chi connectivity index (χ3n) is 4.70. The molecule has 2 N–H and O–H groups in total. The number of aromatic amines is 1. The summed E-state index contributed by atoms with van der Waals surface area (Å²) < 4.78 is 10.4. The highest BCUT2D eigenvalue weighted by atomic mass is 16.5. The summed E-state index contributed by atoms with van der Waals surface area (Å²) >= 11 is 0. The number of nitrogens with one attached hydrogen (secondary N) is 2. The maximum atomic E-state index is 12.6. The maximum Gasteiger partial charge on any atom is 0.355 e. The molecule has 1 heterocycles. The zero-order valence-corrected chi connectivity index (χ0v) is 18.0. The zero-order valence-electron chi connectivity index (χ0n) is 18.0. The first-order valence-corrected chi connectivity index (χ1v) is 9.52. The Hall–Kier alpha value is -3.09. The Labute approximate surface area is 170 Å². The Kier molecular flexibility index (Phi) is 6.84. The molecule has 0 saturated carbocycles. The quantitative estimate of drug-likeness (QED) is 0.717. The average molecular weight is 400 g/mol. The van der Waals surface area contributed by atoms with Crippen LogP contribution in [0.4, 0.5) is 5.69 Å². The van der Waals surface area contributed by atoms with Gasteiger partial charge in [-0.25, -0.2) is 9.59 Å². The van der Waals surface area contributed by atoms with E-state index in [2.05, 4.69) is 10.3 Å². The van der Waals surface area contributed by atoms with E-state index in [9.17, 15) is 14.4 Å². The van der Waals surface area contributed by atoms with Crippen LogP contribution >= 0.6 is 0 Å². The second kappa shape index (κ2) is 8.94. The lowest BCUT2D eigenvalue weighted by molar-refractivity contribution is -0.123. The molecular weight excluding hydrogens is 372 g/mol. The van der Waals surface area contributed by atoms with Gasteiger partial charge < -0.3 is 19.8 Å². The van der Waals surface area contributed by atoms with Crippen LogP contribution in [0.5, 0.6) is 0 Å². The monoisotopic (exact) mass is 400 g/mol. The fourth-order valence-electron chi connectivity index (χ4n) is 3.34. The second-order valence-electron chi connectivity index (χ2n) is 7.16. The summed E-state index contributed by atoms with van der Waals surface area (Å²) in [7, 11) is 0.